The van der Waals surface area contributed by atoms with Crippen LogP contribution >= 0.6 is 23.1 Å². The van der Waals surface area contributed by atoms with Crippen LogP contribution in [0, 0.1) is 0 Å². The number of hydrogen-bond acceptors (Lipinski definition) is 6. The zero-order valence-electron chi connectivity index (χ0n) is 11.7. The Morgan fingerprint density at radius 1 is 1.24 bits per heavy atom. The van der Waals surface area contributed by atoms with Crippen LogP contribution in [-0.2, 0) is 4.74 Å². The average Bonchev–Trinajstić information content (AvgIpc) is 2.92. The molecule has 1 aliphatic heterocycles. The Bertz CT molecular complexity index is 679. The Labute approximate surface area is 131 Å². The number of thiophene rings is 1. The number of aliphatic imine (C=N–C) groups is 1. The number of benzene rings is 1. The van der Waals surface area contributed by atoms with Crippen molar-refractivity contribution in [2.45, 2.75) is 6.10 Å². The lowest BCUT2D eigenvalue weighted by Crippen LogP contribution is -2.20. The molecule has 3 rings (SSSR count). The number of amidine groups is 1. The third-order valence-corrected chi connectivity index (χ3v) is 4.55. The molecule has 0 amide bonds. The van der Waals surface area contributed by atoms with Gasteiger partial charge in [0.25, 0.3) is 0 Å². The molecule has 1 atom stereocenters. The third kappa shape index (κ3) is 2.88. The first kappa shape index (κ1) is 14.3. The Balaban J connectivity index is 2.05. The van der Waals surface area contributed by atoms with Gasteiger partial charge >= 0.3 is 0 Å². The van der Waals surface area contributed by atoms with Gasteiger partial charge in [0.1, 0.15) is 16.8 Å². The van der Waals surface area contributed by atoms with Crippen molar-refractivity contribution < 1.29 is 4.74 Å². The predicted octanol–water partition coefficient (Wildman–Crippen LogP) is 3.79. The zero-order valence-corrected chi connectivity index (χ0v) is 13.4. The van der Waals surface area contributed by atoms with Crippen LogP contribution in [0.2, 0.25) is 0 Å². The molecule has 2 heterocycles. The molecule has 1 aromatic heterocycles. The summed E-state index contributed by atoms with van der Waals surface area (Å²) in [6.45, 7) is 0. The largest absolute Gasteiger partial charge is 0.370 e. The van der Waals surface area contributed by atoms with E-state index < -0.39 is 0 Å². The highest BCUT2D eigenvalue weighted by atomic mass is 32.2. The number of fused-ring (bicyclic) bond motifs is 1. The molecule has 1 N–H and O–H groups in total. The summed E-state index contributed by atoms with van der Waals surface area (Å²) in [5, 5.41) is 8.31. The quantitative estimate of drug-likeness (QED) is 0.936. The molecular formula is C15H15N3OS2. The number of hydrogen-bond donors (Lipinski definition) is 1. The fourth-order valence-corrected chi connectivity index (χ4v) is 3.35. The van der Waals surface area contributed by atoms with Crippen molar-refractivity contribution in [2.24, 2.45) is 10.1 Å². The number of thioether (sulfide) groups is 1. The van der Waals surface area contributed by atoms with E-state index in [0.717, 1.165) is 27.0 Å². The van der Waals surface area contributed by atoms with Crippen molar-refractivity contribution >= 4 is 39.0 Å². The second kappa shape index (κ2) is 6.43. The van der Waals surface area contributed by atoms with Crippen LogP contribution in [0.5, 0.6) is 0 Å². The fourth-order valence-electron chi connectivity index (χ4n) is 2.19. The van der Waals surface area contributed by atoms with Gasteiger partial charge in [0.15, 0.2) is 5.17 Å². The molecule has 0 spiro atoms. The minimum atomic E-state index is -0.219. The lowest BCUT2D eigenvalue weighted by molar-refractivity contribution is 0.158. The average molecular weight is 317 g/mol. The molecule has 2 aromatic rings. The van der Waals surface area contributed by atoms with Gasteiger partial charge in [-0.1, -0.05) is 42.1 Å². The van der Waals surface area contributed by atoms with E-state index in [1.165, 1.54) is 0 Å². The fraction of sp³-hybridized carbons (Fsp3) is 0.200. The van der Waals surface area contributed by atoms with Crippen molar-refractivity contribution in [1.82, 2.24) is 5.43 Å². The van der Waals surface area contributed by atoms with Crippen molar-refractivity contribution in [2.75, 3.05) is 13.4 Å². The van der Waals surface area contributed by atoms with Crippen molar-refractivity contribution in [3.05, 3.63) is 52.9 Å². The number of ether oxygens (including phenoxy) is 1. The third-order valence-electron chi connectivity index (χ3n) is 3.18. The SMILES string of the molecule is COC(C1=NNC(SC)=Nc2sccc21)c1ccccc1. The standard InChI is InChI=1S/C15H15N3OS2/c1-19-13(10-6-4-3-5-7-10)12-11-8-9-21-14(11)16-15(20-2)18-17-12/h3-9,13H,1-2H3,(H,16,18). The van der Waals surface area contributed by atoms with Gasteiger partial charge in [0.05, 0.1) is 0 Å². The topological polar surface area (TPSA) is 46.0 Å². The molecule has 0 aliphatic carbocycles. The summed E-state index contributed by atoms with van der Waals surface area (Å²) < 4.78 is 5.70. The smallest absolute Gasteiger partial charge is 0.182 e. The first-order valence-corrected chi connectivity index (χ1v) is 8.56. The van der Waals surface area contributed by atoms with Gasteiger partial charge in [0, 0.05) is 12.7 Å². The molecule has 6 heteroatoms. The van der Waals surface area contributed by atoms with Crippen LogP contribution in [0.1, 0.15) is 17.2 Å². The summed E-state index contributed by atoms with van der Waals surface area (Å²) in [5.74, 6) is 0. The molecule has 0 fully saturated rings. The molecule has 1 unspecified atom stereocenters. The highest BCUT2D eigenvalue weighted by Crippen LogP contribution is 2.34. The summed E-state index contributed by atoms with van der Waals surface area (Å²) in [5.41, 5.74) is 5.98. The van der Waals surface area contributed by atoms with Crippen LogP contribution in [0.15, 0.2) is 51.9 Å². The van der Waals surface area contributed by atoms with Gasteiger partial charge in [-0.05, 0) is 23.3 Å². The highest BCUT2D eigenvalue weighted by molar-refractivity contribution is 8.13. The minimum absolute atomic E-state index is 0.219. The molecule has 4 nitrogen and oxygen atoms in total. The van der Waals surface area contributed by atoms with Crippen LogP contribution in [0.3, 0.4) is 0 Å². The second-order valence-corrected chi connectivity index (χ2v) is 6.09. The van der Waals surface area contributed by atoms with Crippen LogP contribution in [0.25, 0.3) is 0 Å². The number of hydrazone groups is 1. The molecule has 1 aliphatic rings. The number of methoxy groups -OCH3 is 1. The van der Waals surface area contributed by atoms with Gasteiger partial charge in [-0.2, -0.15) is 5.10 Å². The summed E-state index contributed by atoms with van der Waals surface area (Å²) in [7, 11) is 1.70. The Hall–Kier alpha value is -1.63. The first-order valence-electron chi connectivity index (χ1n) is 6.45. The molecule has 0 radical (unpaired) electrons. The monoisotopic (exact) mass is 317 g/mol. The van der Waals surface area contributed by atoms with Gasteiger partial charge in [-0.15, -0.1) is 11.3 Å². The Kier molecular flexibility index (Phi) is 4.38. The van der Waals surface area contributed by atoms with Gasteiger partial charge in [-0.3, -0.25) is 5.43 Å². The van der Waals surface area contributed by atoms with Crippen molar-refractivity contribution in [3.63, 3.8) is 0 Å². The van der Waals surface area contributed by atoms with E-state index in [9.17, 15) is 0 Å². The summed E-state index contributed by atoms with van der Waals surface area (Å²) >= 11 is 3.15. The summed E-state index contributed by atoms with van der Waals surface area (Å²) in [4.78, 5) is 4.60. The van der Waals surface area contributed by atoms with E-state index >= 15 is 0 Å². The molecule has 108 valence electrons. The zero-order chi connectivity index (χ0) is 14.7. The lowest BCUT2D eigenvalue weighted by atomic mass is 10.0. The Morgan fingerprint density at radius 3 is 2.76 bits per heavy atom. The first-order chi connectivity index (χ1) is 10.3. The number of nitrogens with one attached hydrogen (secondary N) is 1. The maximum atomic E-state index is 5.70. The molecular weight excluding hydrogens is 302 g/mol. The van der Waals surface area contributed by atoms with Crippen molar-refractivity contribution in [3.8, 4) is 0 Å². The normalized spacial score (nSPS) is 15.3. The predicted molar refractivity (Wildman–Crippen MR) is 90.8 cm³/mol. The maximum Gasteiger partial charge on any atom is 0.182 e. The van der Waals surface area contributed by atoms with E-state index in [4.69, 9.17) is 4.74 Å². The summed E-state index contributed by atoms with van der Waals surface area (Å²) in [6, 6.07) is 12.1. The highest BCUT2D eigenvalue weighted by Gasteiger charge is 2.25. The van der Waals surface area contributed by atoms with Gasteiger partial charge in [-0.25, -0.2) is 4.99 Å². The van der Waals surface area contributed by atoms with E-state index in [2.05, 4.69) is 15.5 Å². The summed E-state index contributed by atoms with van der Waals surface area (Å²) in [6.07, 6.45) is 1.76. The van der Waals surface area contributed by atoms with Crippen LogP contribution < -0.4 is 5.43 Å². The lowest BCUT2D eigenvalue weighted by Gasteiger charge is -2.17. The minimum Gasteiger partial charge on any atom is -0.370 e. The van der Waals surface area contributed by atoms with E-state index in [0.29, 0.717) is 0 Å². The molecule has 0 saturated carbocycles. The van der Waals surface area contributed by atoms with Crippen LogP contribution in [-0.4, -0.2) is 24.2 Å². The second-order valence-electron chi connectivity index (χ2n) is 4.40. The maximum absolute atomic E-state index is 5.70. The van der Waals surface area contributed by atoms with E-state index in [-0.39, 0.29) is 6.10 Å². The Morgan fingerprint density at radius 2 is 2.05 bits per heavy atom. The van der Waals surface area contributed by atoms with Crippen molar-refractivity contribution in [1.29, 1.82) is 0 Å². The molecule has 1 aromatic carbocycles. The molecule has 0 bridgehead atoms. The van der Waals surface area contributed by atoms with E-state index in [1.807, 2.05) is 48.0 Å². The van der Waals surface area contributed by atoms with E-state index in [1.54, 1.807) is 30.2 Å². The van der Waals surface area contributed by atoms with Crippen LogP contribution in [0.4, 0.5) is 5.00 Å². The number of rotatable bonds is 3. The number of nitrogens with zero attached hydrogens (tertiary/aromatic N) is 2. The van der Waals surface area contributed by atoms with Gasteiger partial charge < -0.3 is 4.74 Å². The molecule has 21 heavy (non-hydrogen) atoms. The van der Waals surface area contributed by atoms with Gasteiger partial charge in [0.2, 0.25) is 0 Å². The molecule has 0 saturated heterocycles.